The zero-order valence-corrected chi connectivity index (χ0v) is 21.9. The molecule has 0 spiro atoms. The molecule has 0 unspecified atom stereocenters. The predicted octanol–water partition coefficient (Wildman–Crippen LogP) is -0.278. The second-order valence-electron chi connectivity index (χ2n) is 9.67. The molecular formula is C25H33FN8O5. The van der Waals surface area contributed by atoms with Gasteiger partial charge in [0.1, 0.15) is 31.4 Å². The lowest BCUT2D eigenvalue weighted by Crippen LogP contribution is -2.58. The number of rotatable bonds is 12. The van der Waals surface area contributed by atoms with Crippen molar-refractivity contribution in [3.8, 4) is 0 Å². The van der Waals surface area contributed by atoms with Crippen LogP contribution in [-0.4, -0.2) is 82.3 Å². The largest absolute Gasteiger partial charge is 0.369 e. The summed E-state index contributed by atoms with van der Waals surface area (Å²) >= 11 is 0. The van der Waals surface area contributed by atoms with Gasteiger partial charge in [0, 0.05) is 6.42 Å². The van der Waals surface area contributed by atoms with Gasteiger partial charge < -0.3 is 20.7 Å². The molecule has 0 fully saturated rings. The van der Waals surface area contributed by atoms with Crippen LogP contribution in [0.15, 0.2) is 18.2 Å². The highest BCUT2D eigenvalue weighted by Crippen LogP contribution is 2.39. The van der Waals surface area contributed by atoms with Crippen molar-refractivity contribution in [3.05, 3.63) is 35.2 Å². The molecule has 4 N–H and O–H groups in total. The maximum absolute atomic E-state index is 13.9. The predicted molar refractivity (Wildman–Crippen MR) is 136 cm³/mol. The number of para-hydroxylation sites is 1. The van der Waals surface area contributed by atoms with Gasteiger partial charge in [-0.1, -0.05) is 43.7 Å². The van der Waals surface area contributed by atoms with Crippen molar-refractivity contribution in [1.82, 2.24) is 36.6 Å². The summed E-state index contributed by atoms with van der Waals surface area (Å²) in [6.07, 6.45) is 1.77. The molecule has 0 saturated carbocycles. The Labute approximate surface area is 224 Å². The average molecular weight is 545 g/mol. The van der Waals surface area contributed by atoms with E-state index in [1.165, 1.54) is 4.90 Å². The number of H-pyrrole nitrogens is 1. The molecule has 0 bridgehead atoms. The molecule has 4 atom stereocenters. The average Bonchev–Trinajstić information content (AvgIpc) is 3.57. The van der Waals surface area contributed by atoms with Crippen LogP contribution in [0.1, 0.15) is 43.6 Å². The Morgan fingerprint density at radius 1 is 1.28 bits per heavy atom. The van der Waals surface area contributed by atoms with E-state index in [9.17, 15) is 23.6 Å². The van der Waals surface area contributed by atoms with Crippen molar-refractivity contribution in [3.63, 3.8) is 0 Å². The van der Waals surface area contributed by atoms with Gasteiger partial charge in [-0.25, -0.2) is 4.39 Å². The number of aryl methyl sites for hydroxylation is 1. The van der Waals surface area contributed by atoms with E-state index in [1.807, 2.05) is 32.0 Å². The number of alkyl halides is 1. The van der Waals surface area contributed by atoms with E-state index >= 15 is 0 Å². The molecular weight excluding hydrogens is 511 g/mol. The van der Waals surface area contributed by atoms with Crippen LogP contribution in [0.3, 0.4) is 0 Å². The number of carbonyl (C=O) groups is 4. The van der Waals surface area contributed by atoms with Crippen molar-refractivity contribution in [2.24, 2.45) is 5.92 Å². The summed E-state index contributed by atoms with van der Waals surface area (Å²) in [5.41, 5.74) is 2.50. The number of hydrogen-bond acceptors (Lipinski definition) is 8. The van der Waals surface area contributed by atoms with Crippen molar-refractivity contribution in [2.45, 2.75) is 64.2 Å². The summed E-state index contributed by atoms with van der Waals surface area (Å²) in [4.78, 5) is 54.2. The molecule has 210 valence electrons. The van der Waals surface area contributed by atoms with Crippen LogP contribution >= 0.6 is 0 Å². The Hall–Kier alpha value is -3.94. The third-order valence-electron chi connectivity index (χ3n) is 7.10. The van der Waals surface area contributed by atoms with E-state index < -0.39 is 42.5 Å². The highest BCUT2D eigenvalue weighted by atomic mass is 19.1. The molecule has 1 aromatic carbocycles. The summed E-state index contributed by atoms with van der Waals surface area (Å²) in [5.74, 6) is -1.76. The Morgan fingerprint density at radius 2 is 2.08 bits per heavy atom. The number of aromatic nitrogens is 4. The summed E-state index contributed by atoms with van der Waals surface area (Å²) in [6.45, 7) is 2.43. The van der Waals surface area contributed by atoms with E-state index in [0.29, 0.717) is 37.2 Å². The molecule has 4 amide bonds. The lowest BCUT2D eigenvalue weighted by atomic mass is 9.97. The number of nitrogens with one attached hydrogen (secondary N) is 4. The van der Waals surface area contributed by atoms with Crippen molar-refractivity contribution >= 4 is 29.3 Å². The third-order valence-corrected chi connectivity index (χ3v) is 7.10. The number of aromatic amines is 1. The molecule has 2 aliphatic heterocycles. The first kappa shape index (κ1) is 28.1. The van der Waals surface area contributed by atoms with Gasteiger partial charge in [-0.3, -0.25) is 24.1 Å². The highest BCUT2D eigenvalue weighted by Gasteiger charge is 2.44. The van der Waals surface area contributed by atoms with Crippen molar-refractivity contribution in [2.75, 3.05) is 24.8 Å². The molecule has 39 heavy (non-hydrogen) atoms. The van der Waals surface area contributed by atoms with Crippen LogP contribution < -0.4 is 20.9 Å². The lowest BCUT2D eigenvalue weighted by Gasteiger charge is -2.29. The van der Waals surface area contributed by atoms with E-state index in [1.54, 1.807) is 0 Å². The zero-order chi connectivity index (χ0) is 27.9. The van der Waals surface area contributed by atoms with E-state index in [2.05, 4.69) is 36.6 Å². The fourth-order valence-corrected chi connectivity index (χ4v) is 4.91. The number of halogens is 1. The SMILES string of the molecule is CC[C@H](C)[C@H](NC(=O)COCCF)C(=O)N[C@H]1CCc2cccc3c2N(C1=O)[C@H](C(=O)NCc1nn[nH]n1)C3. The van der Waals surface area contributed by atoms with Gasteiger partial charge in [0.05, 0.1) is 18.8 Å². The Balaban J connectivity index is 1.50. The second-order valence-corrected chi connectivity index (χ2v) is 9.67. The minimum Gasteiger partial charge on any atom is -0.369 e. The number of anilines is 1. The zero-order valence-electron chi connectivity index (χ0n) is 21.9. The molecule has 2 aromatic rings. The number of tetrazole rings is 1. The fraction of sp³-hybridized carbons (Fsp3) is 0.560. The van der Waals surface area contributed by atoms with Crippen molar-refractivity contribution < 1.29 is 28.3 Å². The molecule has 0 radical (unpaired) electrons. The van der Waals surface area contributed by atoms with Crippen LogP contribution in [0, 0.1) is 5.92 Å². The number of ether oxygens (including phenoxy) is 1. The van der Waals surface area contributed by atoms with Crippen LogP contribution in [0.5, 0.6) is 0 Å². The van der Waals surface area contributed by atoms with E-state index in [-0.39, 0.29) is 31.6 Å². The number of benzene rings is 1. The molecule has 4 rings (SSSR count). The maximum atomic E-state index is 13.9. The first-order valence-corrected chi connectivity index (χ1v) is 13.0. The minimum absolute atomic E-state index is 0.0442. The number of amides is 4. The summed E-state index contributed by atoms with van der Waals surface area (Å²) in [6, 6.07) is 3.07. The van der Waals surface area contributed by atoms with Gasteiger partial charge >= 0.3 is 0 Å². The molecule has 1 aromatic heterocycles. The normalized spacial score (nSPS) is 19.6. The quantitative estimate of drug-likeness (QED) is 0.264. The van der Waals surface area contributed by atoms with Gasteiger partial charge in [0.25, 0.3) is 0 Å². The van der Waals surface area contributed by atoms with Gasteiger partial charge in [0.15, 0.2) is 5.82 Å². The van der Waals surface area contributed by atoms with Gasteiger partial charge in [-0.15, -0.1) is 10.2 Å². The summed E-state index contributed by atoms with van der Waals surface area (Å²) in [7, 11) is 0. The summed E-state index contributed by atoms with van der Waals surface area (Å²) in [5, 5.41) is 21.7. The molecule has 14 heteroatoms. The monoisotopic (exact) mass is 544 g/mol. The van der Waals surface area contributed by atoms with Gasteiger partial charge in [-0.2, -0.15) is 5.21 Å². The Kier molecular flexibility index (Phi) is 9.17. The summed E-state index contributed by atoms with van der Waals surface area (Å²) < 4.78 is 17.2. The van der Waals surface area contributed by atoms with Crippen LogP contribution in [0.2, 0.25) is 0 Å². The molecule has 0 saturated heterocycles. The van der Waals surface area contributed by atoms with Crippen LogP contribution in [0.25, 0.3) is 0 Å². The number of carbonyl (C=O) groups excluding carboxylic acids is 4. The Bertz CT molecular complexity index is 1190. The van der Waals surface area contributed by atoms with E-state index in [0.717, 1.165) is 11.1 Å². The second kappa shape index (κ2) is 12.7. The first-order valence-electron chi connectivity index (χ1n) is 13.0. The lowest BCUT2D eigenvalue weighted by molar-refractivity contribution is -0.134. The molecule has 0 aliphatic carbocycles. The van der Waals surface area contributed by atoms with E-state index in [4.69, 9.17) is 4.74 Å². The van der Waals surface area contributed by atoms with Crippen molar-refractivity contribution in [1.29, 1.82) is 0 Å². The molecule has 3 heterocycles. The third kappa shape index (κ3) is 6.38. The van der Waals surface area contributed by atoms with Gasteiger partial charge in [-0.05, 0) is 29.9 Å². The fourth-order valence-electron chi connectivity index (χ4n) is 4.91. The first-order chi connectivity index (χ1) is 18.8. The van der Waals surface area contributed by atoms with Gasteiger partial charge in [0.2, 0.25) is 23.6 Å². The molecule has 13 nitrogen and oxygen atoms in total. The van der Waals surface area contributed by atoms with Crippen LogP contribution in [-0.2, 0) is 43.3 Å². The minimum atomic E-state index is -0.918. The highest BCUT2D eigenvalue weighted by molar-refractivity contribution is 6.08. The standard InChI is InChI=1S/C25H33FN8O5/c1-3-14(2)21(29-20(35)13-39-10-9-26)24(37)28-17-8-7-15-5-4-6-16-11-18(34(22(15)16)25(17)38)23(36)27-12-19-30-32-33-31-19/h4-6,14,17-18,21H,3,7-13H2,1-2H3,(H,27,36)(H,28,37)(H,29,35)(H,30,31,32,33)/t14-,17-,18-,21-/m0/s1. The Morgan fingerprint density at radius 3 is 2.79 bits per heavy atom. The smallest absolute Gasteiger partial charge is 0.250 e. The number of nitrogens with zero attached hydrogens (tertiary/aromatic N) is 4. The van der Waals surface area contributed by atoms with Crippen LogP contribution in [0.4, 0.5) is 10.1 Å². The maximum Gasteiger partial charge on any atom is 0.250 e. The molecule has 2 aliphatic rings. The topological polar surface area (TPSA) is 171 Å². The number of hydrogen-bond donors (Lipinski definition) is 4.